The van der Waals surface area contributed by atoms with Gasteiger partial charge in [-0.2, -0.15) is 13.2 Å². The van der Waals surface area contributed by atoms with Gasteiger partial charge in [0, 0.05) is 42.3 Å². The van der Waals surface area contributed by atoms with Gasteiger partial charge in [-0.1, -0.05) is 13.3 Å². The molecule has 6 nitrogen and oxygen atoms in total. The van der Waals surface area contributed by atoms with E-state index in [1.54, 1.807) is 0 Å². The van der Waals surface area contributed by atoms with Crippen LogP contribution in [-0.4, -0.2) is 36.1 Å². The van der Waals surface area contributed by atoms with E-state index in [1.165, 1.54) is 12.1 Å². The number of nitrogens with two attached hydrogens (primary N) is 2. The Morgan fingerprint density at radius 1 is 1.21 bits per heavy atom. The monoisotopic (exact) mass is 408 g/mol. The molecule has 1 aliphatic rings. The zero-order valence-electron chi connectivity index (χ0n) is 16.7. The van der Waals surface area contributed by atoms with E-state index in [2.05, 4.69) is 27.1 Å². The van der Waals surface area contributed by atoms with E-state index < -0.39 is 11.7 Å². The average Bonchev–Trinajstić information content (AvgIpc) is 3.16. The summed E-state index contributed by atoms with van der Waals surface area (Å²) in [6, 6.07) is 4.72. The lowest BCUT2D eigenvalue weighted by atomic mass is 10.0. The van der Waals surface area contributed by atoms with E-state index in [9.17, 15) is 13.2 Å². The Labute approximate surface area is 168 Å². The van der Waals surface area contributed by atoms with E-state index in [0.29, 0.717) is 24.0 Å². The van der Waals surface area contributed by atoms with Crippen molar-refractivity contribution < 1.29 is 13.2 Å². The highest BCUT2D eigenvalue weighted by Crippen LogP contribution is 2.43. The minimum absolute atomic E-state index is 0.0290. The maximum atomic E-state index is 13.8. The fourth-order valence-corrected chi connectivity index (χ4v) is 3.63. The molecule has 0 bridgehead atoms. The third-order valence-corrected chi connectivity index (χ3v) is 5.25. The number of likely N-dealkylation sites (N-methyl/N-ethyl adjacent to an activating group) is 1. The highest BCUT2D eigenvalue weighted by Gasteiger charge is 2.38. The molecule has 0 amide bonds. The molecule has 2 aromatic rings. The number of nitrogens with zero attached hydrogens (tertiary/aromatic N) is 3. The van der Waals surface area contributed by atoms with Crippen molar-refractivity contribution in [3.8, 4) is 11.4 Å². The number of alkyl halides is 3. The molecule has 0 radical (unpaired) electrons. The third-order valence-electron chi connectivity index (χ3n) is 5.25. The second-order valence-electron chi connectivity index (χ2n) is 7.36. The second kappa shape index (κ2) is 8.44. The van der Waals surface area contributed by atoms with E-state index >= 15 is 0 Å². The Kier molecular flexibility index (Phi) is 6.16. The summed E-state index contributed by atoms with van der Waals surface area (Å²) < 4.78 is 41.3. The fourth-order valence-electron chi connectivity index (χ4n) is 3.63. The van der Waals surface area contributed by atoms with E-state index in [-0.39, 0.29) is 22.8 Å². The normalized spacial score (nSPS) is 17.1. The van der Waals surface area contributed by atoms with Crippen molar-refractivity contribution in [3.63, 3.8) is 0 Å². The zero-order chi connectivity index (χ0) is 21.2. The van der Waals surface area contributed by atoms with Crippen molar-refractivity contribution in [1.29, 1.82) is 0 Å². The van der Waals surface area contributed by atoms with Gasteiger partial charge in [-0.05, 0) is 38.4 Å². The van der Waals surface area contributed by atoms with Crippen molar-refractivity contribution in [1.82, 2.24) is 15.3 Å². The molecule has 1 saturated heterocycles. The lowest BCUT2D eigenvalue weighted by Gasteiger charge is -2.21. The van der Waals surface area contributed by atoms with Gasteiger partial charge in [0.05, 0.1) is 11.1 Å². The molecule has 1 aromatic carbocycles. The predicted octanol–water partition coefficient (Wildman–Crippen LogP) is 3.47. The Balaban J connectivity index is 2.15. The van der Waals surface area contributed by atoms with Gasteiger partial charge in [-0.15, -0.1) is 0 Å². The van der Waals surface area contributed by atoms with Crippen LogP contribution in [0.1, 0.15) is 37.4 Å². The molecule has 29 heavy (non-hydrogen) atoms. The summed E-state index contributed by atoms with van der Waals surface area (Å²) in [4.78, 5) is 11.0. The molecule has 1 fully saturated rings. The van der Waals surface area contributed by atoms with E-state index in [4.69, 9.17) is 11.5 Å². The van der Waals surface area contributed by atoms with Crippen molar-refractivity contribution >= 4 is 17.2 Å². The van der Waals surface area contributed by atoms with Crippen LogP contribution in [0.5, 0.6) is 0 Å². The summed E-state index contributed by atoms with van der Waals surface area (Å²) in [5.74, 6) is 0.590. The fraction of sp³-hybridized carbons (Fsp3) is 0.500. The minimum atomic E-state index is -4.66. The van der Waals surface area contributed by atoms with Crippen LogP contribution in [0.4, 0.5) is 30.4 Å². The number of aryl methyl sites for hydroxylation is 1. The van der Waals surface area contributed by atoms with Gasteiger partial charge < -0.3 is 21.7 Å². The van der Waals surface area contributed by atoms with Gasteiger partial charge in [-0.3, -0.25) is 0 Å². The summed E-state index contributed by atoms with van der Waals surface area (Å²) >= 11 is 0. The maximum absolute atomic E-state index is 13.8. The second-order valence-corrected chi connectivity index (χ2v) is 7.36. The first kappa shape index (κ1) is 21.2. The first-order chi connectivity index (χ1) is 13.7. The molecule has 2 heterocycles. The van der Waals surface area contributed by atoms with Crippen LogP contribution in [0.3, 0.4) is 0 Å². The van der Waals surface area contributed by atoms with Gasteiger partial charge in [0.15, 0.2) is 5.82 Å². The molecule has 0 saturated carbocycles. The molecule has 0 spiro atoms. The lowest BCUT2D eigenvalue weighted by molar-refractivity contribution is -0.136. The molecular formula is C20H27F3N6. The third kappa shape index (κ3) is 4.55. The van der Waals surface area contributed by atoms with Crippen LogP contribution in [0.25, 0.3) is 11.4 Å². The van der Waals surface area contributed by atoms with Gasteiger partial charge in [0.1, 0.15) is 5.82 Å². The van der Waals surface area contributed by atoms with Crippen molar-refractivity contribution in [2.45, 2.75) is 44.8 Å². The van der Waals surface area contributed by atoms with Crippen LogP contribution in [0, 0.1) is 0 Å². The molecule has 1 aromatic heterocycles. The Morgan fingerprint density at radius 3 is 2.55 bits per heavy atom. The van der Waals surface area contributed by atoms with E-state index in [1.807, 2.05) is 13.1 Å². The van der Waals surface area contributed by atoms with Crippen LogP contribution in [0.15, 0.2) is 18.2 Å². The molecule has 1 aliphatic heterocycles. The summed E-state index contributed by atoms with van der Waals surface area (Å²) in [5.41, 5.74) is 10.7. The number of aromatic nitrogens is 2. The maximum Gasteiger partial charge on any atom is 0.419 e. The predicted molar refractivity (Wildman–Crippen MR) is 110 cm³/mol. The van der Waals surface area contributed by atoms with Crippen molar-refractivity contribution in [2.24, 2.45) is 0 Å². The molecule has 1 atom stereocenters. The zero-order valence-corrected chi connectivity index (χ0v) is 16.7. The Hall–Kier alpha value is -2.55. The number of nitrogens with one attached hydrogen (secondary N) is 1. The molecular weight excluding hydrogens is 381 g/mol. The van der Waals surface area contributed by atoms with Crippen LogP contribution in [-0.2, 0) is 12.6 Å². The number of hydrogen-bond acceptors (Lipinski definition) is 6. The highest BCUT2D eigenvalue weighted by molar-refractivity contribution is 5.81. The van der Waals surface area contributed by atoms with Crippen LogP contribution >= 0.6 is 0 Å². The van der Waals surface area contributed by atoms with Crippen LogP contribution < -0.4 is 21.7 Å². The smallest absolute Gasteiger partial charge is 0.398 e. The largest absolute Gasteiger partial charge is 0.419 e. The van der Waals surface area contributed by atoms with E-state index in [0.717, 1.165) is 32.4 Å². The average molecular weight is 408 g/mol. The Morgan fingerprint density at radius 2 is 1.93 bits per heavy atom. The summed E-state index contributed by atoms with van der Waals surface area (Å²) in [6.07, 6.45) is -1.23. The number of halogens is 3. The summed E-state index contributed by atoms with van der Waals surface area (Å²) in [6.45, 7) is 3.56. The Bertz CT molecular complexity index is 868. The van der Waals surface area contributed by atoms with Gasteiger partial charge in [0.25, 0.3) is 0 Å². The standard InChI is InChI=1S/C20H27F3N6/c1-3-4-5-12-10-16(29-9-8-13(11-29)26-2)28-19(27-12)17-14(24)6-7-15(25)18(17)20(21,22)23/h6-7,10,13,26H,3-5,8-9,11,24-25H2,1-2H3. The first-order valence-electron chi connectivity index (χ1n) is 9.80. The number of unbranched alkanes of at least 4 members (excludes halogenated alkanes) is 1. The number of hydrogen-bond donors (Lipinski definition) is 3. The molecule has 0 aliphatic carbocycles. The van der Waals surface area contributed by atoms with Crippen LogP contribution in [0.2, 0.25) is 0 Å². The molecule has 1 unspecified atom stereocenters. The SMILES string of the molecule is CCCCc1cc(N2CCC(NC)C2)nc(-c2c(N)ccc(N)c2C(F)(F)F)n1. The lowest BCUT2D eigenvalue weighted by Crippen LogP contribution is -2.30. The highest BCUT2D eigenvalue weighted by atomic mass is 19.4. The number of anilines is 3. The van der Waals surface area contributed by atoms with Crippen molar-refractivity contribution in [2.75, 3.05) is 36.5 Å². The quantitative estimate of drug-likeness (QED) is 0.634. The van der Waals surface area contributed by atoms with Gasteiger partial charge in [-0.25, -0.2) is 9.97 Å². The first-order valence-corrected chi connectivity index (χ1v) is 9.80. The minimum Gasteiger partial charge on any atom is -0.398 e. The molecule has 158 valence electrons. The molecule has 9 heteroatoms. The van der Waals surface area contributed by atoms with Gasteiger partial charge >= 0.3 is 6.18 Å². The topological polar surface area (TPSA) is 93.1 Å². The van der Waals surface area contributed by atoms with Crippen molar-refractivity contribution in [3.05, 3.63) is 29.5 Å². The molecule has 5 N–H and O–H groups in total. The summed E-state index contributed by atoms with van der Waals surface area (Å²) in [7, 11) is 1.90. The summed E-state index contributed by atoms with van der Waals surface area (Å²) in [5, 5.41) is 3.23. The molecule has 3 rings (SSSR count). The number of nitrogen functional groups attached to an aromatic ring is 2. The van der Waals surface area contributed by atoms with Gasteiger partial charge in [0.2, 0.25) is 0 Å². The number of rotatable bonds is 6. The number of benzene rings is 1.